The fourth-order valence-corrected chi connectivity index (χ4v) is 4.63. The van der Waals surface area contributed by atoms with Gasteiger partial charge in [0, 0.05) is 36.7 Å². The van der Waals surface area contributed by atoms with E-state index in [1.807, 2.05) is 42.5 Å². The molecular formula is C26H30N6O5. The van der Waals surface area contributed by atoms with E-state index in [9.17, 15) is 4.79 Å². The van der Waals surface area contributed by atoms with Crippen molar-refractivity contribution in [2.75, 3.05) is 27.6 Å². The van der Waals surface area contributed by atoms with Gasteiger partial charge in [0.25, 0.3) is 5.56 Å². The molecule has 194 valence electrons. The van der Waals surface area contributed by atoms with Gasteiger partial charge in [0.05, 0.1) is 26.3 Å². The highest BCUT2D eigenvalue weighted by molar-refractivity contribution is 5.80. The van der Waals surface area contributed by atoms with Gasteiger partial charge in [-0.25, -0.2) is 4.68 Å². The van der Waals surface area contributed by atoms with Gasteiger partial charge in [0.15, 0.2) is 17.3 Å². The SMILES string of the molecule is CC[C@H](c1nnnn1CCOC)N(Cc1ccc2c(c1)OCO2)Cc1cc2cc(OC)ccc2[nH]c1=O. The van der Waals surface area contributed by atoms with E-state index < -0.39 is 0 Å². The van der Waals surface area contributed by atoms with Gasteiger partial charge >= 0.3 is 0 Å². The lowest BCUT2D eigenvalue weighted by Crippen LogP contribution is -2.32. The first-order valence-corrected chi connectivity index (χ1v) is 12.2. The zero-order valence-electron chi connectivity index (χ0n) is 21.1. The molecule has 0 aliphatic carbocycles. The molecule has 37 heavy (non-hydrogen) atoms. The number of aromatic nitrogens is 5. The van der Waals surface area contributed by atoms with Crippen molar-refractivity contribution < 1.29 is 18.9 Å². The van der Waals surface area contributed by atoms with Crippen LogP contribution in [0.1, 0.15) is 36.3 Å². The van der Waals surface area contributed by atoms with Crippen molar-refractivity contribution in [2.45, 2.75) is 39.0 Å². The average molecular weight is 507 g/mol. The van der Waals surface area contributed by atoms with Crippen LogP contribution in [0.3, 0.4) is 0 Å². The van der Waals surface area contributed by atoms with E-state index in [1.54, 1.807) is 18.9 Å². The molecule has 2 aromatic heterocycles. The van der Waals surface area contributed by atoms with Crippen molar-refractivity contribution in [2.24, 2.45) is 0 Å². The summed E-state index contributed by atoms with van der Waals surface area (Å²) in [7, 11) is 3.27. The Morgan fingerprint density at radius 3 is 2.78 bits per heavy atom. The minimum absolute atomic E-state index is 0.137. The molecule has 0 fully saturated rings. The average Bonchev–Trinajstić information content (AvgIpc) is 3.57. The molecule has 4 aromatic rings. The number of H-pyrrole nitrogens is 1. The minimum atomic E-state index is -0.155. The standard InChI is InChI=1S/C26H30N6O5/c1-4-22(25-28-29-30-32(25)9-10-34-2)31(14-17-5-8-23-24(11-17)37-16-36-23)15-19-12-18-13-20(35-3)6-7-21(18)27-26(19)33/h5-8,11-13,22H,4,9-10,14-16H2,1-3H3,(H,27,33)/t22-/m1/s1. The molecule has 11 heteroatoms. The number of methoxy groups -OCH3 is 2. The Labute approximate surface area is 213 Å². The Bertz CT molecular complexity index is 1430. The monoisotopic (exact) mass is 506 g/mol. The highest BCUT2D eigenvalue weighted by Crippen LogP contribution is 2.34. The van der Waals surface area contributed by atoms with Gasteiger partial charge in [-0.3, -0.25) is 9.69 Å². The van der Waals surface area contributed by atoms with Crippen LogP contribution in [0.25, 0.3) is 10.9 Å². The van der Waals surface area contributed by atoms with Crippen molar-refractivity contribution >= 4 is 10.9 Å². The zero-order valence-corrected chi connectivity index (χ0v) is 21.1. The van der Waals surface area contributed by atoms with E-state index in [2.05, 4.69) is 32.3 Å². The van der Waals surface area contributed by atoms with E-state index in [0.29, 0.717) is 37.6 Å². The molecule has 0 unspecified atom stereocenters. The number of benzene rings is 2. The first kappa shape index (κ1) is 24.7. The molecule has 0 bridgehead atoms. The van der Waals surface area contributed by atoms with Crippen LogP contribution in [0.5, 0.6) is 17.2 Å². The van der Waals surface area contributed by atoms with E-state index in [1.165, 1.54) is 0 Å². The summed E-state index contributed by atoms with van der Waals surface area (Å²) in [6.45, 7) is 4.24. The molecule has 11 nitrogen and oxygen atoms in total. The number of nitrogens with one attached hydrogen (secondary N) is 1. The smallest absolute Gasteiger partial charge is 0.252 e. The largest absolute Gasteiger partial charge is 0.497 e. The molecule has 0 radical (unpaired) electrons. The molecule has 0 spiro atoms. The Hall–Kier alpha value is -3.96. The first-order chi connectivity index (χ1) is 18.1. The molecule has 0 saturated heterocycles. The van der Waals surface area contributed by atoms with Crippen LogP contribution in [-0.2, 0) is 24.4 Å². The topological polar surface area (TPSA) is 117 Å². The Kier molecular flexibility index (Phi) is 7.33. The fraction of sp³-hybridized carbons (Fsp3) is 0.385. The highest BCUT2D eigenvalue weighted by atomic mass is 16.7. The van der Waals surface area contributed by atoms with Gasteiger partial charge < -0.3 is 23.9 Å². The molecule has 2 aromatic carbocycles. The lowest BCUT2D eigenvalue weighted by Gasteiger charge is -2.30. The predicted octanol–water partition coefficient (Wildman–Crippen LogP) is 3.05. The lowest BCUT2D eigenvalue weighted by molar-refractivity contribution is 0.150. The molecule has 1 aliphatic heterocycles. The molecular weight excluding hydrogens is 476 g/mol. The molecule has 5 rings (SSSR count). The maximum atomic E-state index is 13.1. The summed E-state index contributed by atoms with van der Waals surface area (Å²) in [4.78, 5) is 18.3. The van der Waals surface area contributed by atoms with Crippen LogP contribution in [0.2, 0.25) is 0 Å². The minimum Gasteiger partial charge on any atom is -0.497 e. The predicted molar refractivity (Wildman–Crippen MR) is 136 cm³/mol. The van der Waals surface area contributed by atoms with Crippen LogP contribution in [0.15, 0.2) is 47.3 Å². The summed E-state index contributed by atoms with van der Waals surface area (Å²) in [6, 6.07) is 13.3. The summed E-state index contributed by atoms with van der Waals surface area (Å²) in [5, 5.41) is 13.4. The van der Waals surface area contributed by atoms with Crippen molar-refractivity contribution in [1.29, 1.82) is 0 Å². The number of tetrazole rings is 1. The Morgan fingerprint density at radius 1 is 1.11 bits per heavy atom. The number of rotatable bonds is 11. The third kappa shape index (κ3) is 5.27. The summed E-state index contributed by atoms with van der Waals surface area (Å²) in [5.74, 6) is 2.89. The van der Waals surface area contributed by atoms with Crippen LogP contribution < -0.4 is 19.8 Å². The van der Waals surface area contributed by atoms with Gasteiger partial charge in [-0.15, -0.1) is 5.10 Å². The van der Waals surface area contributed by atoms with Crippen LogP contribution in [0, 0.1) is 0 Å². The van der Waals surface area contributed by atoms with E-state index in [0.717, 1.165) is 40.2 Å². The summed E-state index contributed by atoms with van der Waals surface area (Å²) < 4.78 is 23.5. The number of fused-ring (bicyclic) bond motifs is 2. The van der Waals surface area contributed by atoms with E-state index in [4.69, 9.17) is 18.9 Å². The Morgan fingerprint density at radius 2 is 1.97 bits per heavy atom. The fourth-order valence-electron chi connectivity index (χ4n) is 4.63. The Balaban J connectivity index is 1.52. The quantitative estimate of drug-likeness (QED) is 0.328. The van der Waals surface area contributed by atoms with Crippen molar-refractivity contribution in [1.82, 2.24) is 30.1 Å². The van der Waals surface area contributed by atoms with E-state index >= 15 is 0 Å². The summed E-state index contributed by atoms with van der Waals surface area (Å²) in [6.07, 6.45) is 0.733. The molecule has 1 aliphatic rings. The number of pyridine rings is 1. The first-order valence-electron chi connectivity index (χ1n) is 12.2. The van der Waals surface area contributed by atoms with Crippen LogP contribution in [0.4, 0.5) is 0 Å². The van der Waals surface area contributed by atoms with Crippen LogP contribution >= 0.6 is 0 Å². The van der Waals surface area contributed by atoms with Crippen molar-refractivity contribution in [3.8, 4) is 17.2 Å². The molecule has 0 saturated carbocycles. The molecule has 0 amide bonds. The summed E-state index contributed by atoms with van der Waals surface area (Å²) >= 11 is 0. The highest BCUT2D eigenvalue weighted by Gasteiger charge is 2.27. The number of hydrogen-bond acceptors (Lipinski definition) is 9. The van der Waals surface area contributed by atoms with Gasteiger partial charge in [-0.2, -0.15) is 0 Å². The second-order valence-corrected chi connectivity index (χ2v) is 8.85. The molecule has 1 N–H and O–H groups in total. The van der Waals surface area contributed by atoms with Gasteiger partial charge in [-0.1, -0.05) is 13.0 Å². The second kappa shape index (κ2) is 11.0. The molecule has 1 atom stereocenters. The molecule has 3 heterocycles. The van der Waals surface area contributed by atoms with Crippen molar-refractivity contribution in [3.63, 3.8) is 0 Å². The number of ether oxygens (including phenoxy) is 4. The lowest BCUT2D eigenvalue weighted by atomic mass is 10.1. The van der Waals surface area contributed by atoms with Gasteiger partial charge in [0.1, 0.15) is 5.75 Å². The third-order valence-electron chi connectivity index (χ3n) is 6.52. The van der Waals surface area contributed by atoms with Crippen LogP contribution in [-0.4, -0.2) is 57.7 Å². The van der Waals surface area contributed by atoms with Crippen molar-refractivity contribution in [3.05, 3.63) is 69.8 Å². The summed E-state index contributed by atoms with van der Waals surface area (Å²) in [5.41, 5.74) is 2.28. The van der Waals surface area contributed by atoms with E-state index in [-0.39, 0.29) is 18.4 Å². The zero-order chi connectivity index (χ0) is 25.8. The second-order valence-electron chi connectivity index (χ2n) is 8.85. The normalized spacial score (nSPS) is 13.4. The third-order valence-corrected chi connectivity index (χ3v) is 6.52. The van der Waals surface area contributed by atoms with Gasteiger partial charge in [0.2, 0.25) is 6.79 Å². The number of nitrogens with zero attached hydrogens (tertiary/aromatic N) is 5. The number of hydrogen-bond donors (Lipinski definition) is 1. The maximum absolute atomic E-state index is 13.1. The number of aromatic amines is 1. The van der Waals surface area contributed by atoms with Gasteiger partial charge in [-0.05, 0) is 58.8 Å². The maximum Gasteiger partial charge on any atom is 0.252 e.